The predicted octanol–water partition coefficient (Wildman–Crippen LogP) is 5.65. The number of aliphatic hydroxyl groups is 1. The van der Waals surface area contributed by atoms with Crippen molar-refractivity contribution in [1.29, 1.82) is 0 Å². The van der Waals surface area contributed by atoms with Crippen LogP contribution in [0.25, 0.3) is 0 Å². The highest BCUT2D eigenvalue weighted by molar-refractivity contribution is 5.72. The average molecular weight is 411 g/mol. The van der Waals surface area contributed by atoms with Gasteiger partial charge in [0, 0.05) is 6.42 Å². The summed E-state index contributed by atoms with van der Waals surface area (Å²) in [4.78, 5) is 23.7. The van der Waals surface area contributed by atoms with E-state index in [9.17, 15) is 19.8 Å². The van der Waals surface area contributed by atoms with Crippen LogP contribution in [0, 0.1) is 11.8 Å². The fourth-order valence-electron chi connectivity index (χ4n) is 4.08. The fraction of sp³-hybridized carbons (Fsp3) is 0.833. The van der Waals surface area contributed by atoms with Gasteiger partial charge in [-0.1, -0.05) is 71.3 Å². The molecule has 1 aliphatic carbocycles. The van der Waals surface area contributed by atoms with E-state index in [1.807, 2.05) is 12.2 Å². The lowest BCUT2D eigenvalue weighted by Gasteiger charge is -2.17. The highest BCUT2D eigenvalue weighted by Crippen LogP contribution is 2.33. The highest BCUT2D eigenvalue weighted by atomic mass is 16.5. The van der Waals surface area contributed by atoms with Gasteiger partial charge in [-0.3, -0.25) is 9.59 Å². The molecule has 1 rings (SSSR count). The molecule has 0 radical (unpaired) electrons. The monoisotopic (exact) mass is 410 g/mol. The molecule has 1 saturated carbocycles. The molecule has 0 heterocycles. The van der Waals surface area contributed by atoms with E-state index in [1.54, 1.807) is 0 Å². The van der Waals surface area contributed by atoms with Gasteiger partial charge in [0.05, 0.1) is 12.0 Å². The SMILES string of the molecule is CCCCCCCCCC(=O)OC(C=CC1CCC(O)C1C(=O)O)CCCCC. The van der Waals surface area contributed by atoms with E-state index in [0.29, 0.717) is 19.3 Å². The van der Waals surface area contributed by atoms with Crippen molar-refractivity contribution in [3.05, 3.63) is 12.2 Å². The summed E-state index contributed by atoms with van der Waals surface area (Å²) in [6, 6.07) is 0. The summed E-state index contributed by atoms with van der Waals surface area (Å²) < 4.78 is 5.69. The molecular formula is C24H42O5. The van der Waals surface area contributed by atoms with Crippen LogP contribution in [0.1, 0.15) is 104 Å². The van der Waals surface area contributed by atoms with E-state index >= 15 is 0 Å². The van der Waals surface area contributed by atoms with E-state index in [-0.39, 0.29) is 18.0 Å². The minimum Gasteiger partial charge on any atom is -0.481 e. The number of carbonyl (C=O) groups excluding carboxylic acids is 1. The number of hydrogen-bond acceptors (Lipinski definition) is 4. The zero-order valence-electron chi connectivity index (χ0n) is 18.5. The smallest absolute Gasteiger partial charge is 0.309 e. The molecule has 5 heteroatoms. The van der Waals surface area contributed by atoms with E-state index in [1.165, 1.54) is 32.1 Å². The number of rotatable bonds is 16. The first kappa shape index (κ1) is 25.7. The van der Waals surface area contributed by atoms with Crippen molar-refractivity contribution in [2.45, 2.75) is 116 Å². The summed E-state index contributed by atoms with van der Waals surface area (Å²) in [5.41, 5.74) is 0. The van der Waals surface area contributed by atoms with Crippen LogP contribution in [0.5, 0.6) is 0 Å². The number of aliphatic carboxylic acids is 1. The minimum atomic E-state index is -0.955. The Morgan fingerprint density at radius 2 is 1.59 bits per heavy atom. The maximum atomic E-state index is 12.3. The molecule has 0 aromatic carbocycles. The van der Waals surface area contributed by atoms with Gasteiger partial charge in [-0.2, -0.15) is 0 Å². The van der Waals surface area contributed by atoms with Crippen molar-refractivity contribution in [2.75, 3.05) is 0 Å². The summed E-state index contributed by atoms with van der Waals surface area (Å²) in [5, 5.41) is 19.2. The third-order valence-electron chi connectivity index (χ3n) is 5.89. The molecular weight excluding hydrogens is 368 g/mol. The first-order valence-electron chi connectivity index (χ1n) is 11.8. The molecule has 0 aliphatic heterocycles. The van der Waals surface area contributed by atoms with Crippen molar-refractivity contribution in [1.82, 2.24) is 0 Å². The molecule has 1 fully saturated rings. The van der Waals surface area contributed by atoms with Gasteiger partial charge in [0.25, 0.3) is 0 Å². The number of carboxylic acids is 1. The second-order valence-electron chi connectivity index (χ2n) is 8.45. The van der Waals surface area contributed by atoms with Gasteiger partial charge in [-0.05, 0) is 44.1 Å². The van der Waals surface area contributed by atoms with Gasteiger partial charge >= 0.3 is 11.9 Å². The number of unbranched alkanes of at least 4 members (excludes halogenated alkanes) is 8. The lowest BCUT2D eigenvalue weighted by molar-refractivity contribution is -0.148. The fourth-order valence-corrected chi connectivity index (χ4v) is 4.08. The third kappa shape index (κ3) is 10.8. The quantitative estimate of drug-likeness (QED) is 0.195. The number of carbonyl (C=O) groups is 2. The van der Waals surface area contributed by atoms with Crippen molar-refractivity contribution in [3.8, 4) is 0 Å². The number of aliphatic hydroxyl groups excluding tert-OH is 1. The van der Waals surface area contributed by atoms with Gasteiger partial charge in [0.2, 0.25) is 0 Å². The molecule has 0 aromatic heterocycles. The lowest BCUT2D eigenvalue weighted by Crippen LogP contribution is -2.27. The Morgan fingerprint density at radius 3 is 2.24 bits per heavy atom. The van der Waals surface area contributed by atoms with Crippen LogP contribution in [0.3, 0.4) is 0 Å². The van der Waals surface area contributed by atoms with Gasteiger partial charge in [0.15, 0.2) is 0 Å². The van der Waals surface area contributed by atoms with Crippen LogP contribution >= 0.6 is 0 Å². The molecule has 4 atom stereocenters. The Kier molecular flexibility index (Phi) is 13.7. The summed E-state index contributed by atoms with van der Waals surface area (Å²) in [6.45, 7) is 4.34. The van der Waals surface area contributed by atoms with Crippen molar-refractivity contribution in [2.24, 2.45) is 11.8 Å². The van der Waals surface area contributed by atoms with E-state index in [0.717, 1.165) is 38.5 Å². The molecule has 2 N–H and O–H groups in total. The molecule has 0 aromatic rings. The first-order valence-corrected chi connectivity index (χ1v) is 11.8. The Labute approximate surface area is 176 Å². The maximum Gasteiger partial charge on any atom is 0.309 e. The van der Waals surface area contributed by atoms with Crippen LogP contribution in [-0.2, 0) is 14.3 Å². The van der Waals surface area contributed by atoms with Crippen LogP contribution < -0.4 is 0 Å². The molecule has 5 nitrogen and oxygen atoms in total. The van der Waals surface area contributed by atoms with Crippen LogP contribution in [0.15, 0.2) is 12.2 Å². The second-order valence-corrected chi connectivity index (χ2v) is 8.45. The standard InChI is InChI=1S/C24H42O5/c1-3-5-7-8-9-10-12-14-22(26)29-20(13-11-6-4-2)17-15-19-16-18-21(25)23(19)24(27)28/h15,17,19-21,23,25H,3-14,16,18H2,1-2H3,(H,27,28). The first-order chi connectivity index (χ1) is 14.0. The van der Waals surface area contributed by atoms with Crippen LogP contribution in [-0.4, -0.2) is 34.4 Å². The van der Waals surface area contributed by atoms with Crippen molar-refractivity contribution in [3.63, 3.8) is 0 Å². The van der Waals surface area contributed by atoms with Crippen LogP contribution in [0.2, 0.25) is 0 Å². The van der Waals surface area contributed by atoms with Gasteiger partial charge in [-0.15, -0.1) is 0 Å². The second kappa shape index (κ2) is 15.5. The van der Waals surface area contributed by atoms with Crippen molar-refractivity contribution >= 4 is 11.9 Å². The molecule has 1 aliphatic rings. The number of ether oxygens (including phenoxy) is 1. The number of carboxylic acid groups (broad SMARTS) is 1. The van der Waals surface area contributed by atoms with Crippen LogP contribution in [0.4, 0.5) is 0 Å². The third-order valence-corrected chi connectivity index (χ3v) is 5.89. The average Bonchev–Trinajstić information content (AvgIpc) is 3.06. The summed E-state index contributed by atoms with van der Waals surface area (Å²) in [5.74, 6) is -2.07. The summed E-state index contributed by atoms with van der Waals surface area (Å²) in [6.07, 6.45) is 16.3. The number of allylic oxidation sites excluding steroid dienone is 1. The van der Waals surface area contributed by atoms with Gasteiger partial charge < -0.3 is 14.9 Å². The van der Waals surface area contributed by atoms with Gasteiger partial charge in [-0.25, -0.2) is 0 Å². The van der Waals surface area contributed by atoms with Gasteiger partial charge in [0.1, 0.15) is 6.10 Å². The van der Waals surface area contributed by atoms with E-state index < -0.39 is 18.0 Å². The molecule has 0 saturated heterocycles. The molecule has 29 heavy (non-hydrogen) atoms. The molecule has 4 unspecified atom stereocenters. The molecule has 0 bridgehead atoms. The van der Waals surface area contributed by atoms with E-state index in [2.05, 4.69) is 13.8 Å². The summed E-state index contributed by atoms with van der Waals surface area (Å²) >= 11 is 0. The Balaban J connectivity index is 2.46. The highest BCUT2D eigenvalue weighted by Gasteiger charge is 2.38. The Bertz CT molecular complexity index is 488. The molecule has 0 amide bonds. The minimum absolute atomic E-state index is 0.161. The topological polar surface area (TPSA) is 83.8 Å². The van der Waals surface area contributed by atoms with E-state index in [4.69, 9.17) is 4.74 Å². The zero-order valence-corrected chi connectivity index (χ0v) is 18.5. The Morgan fingerprint density at radius 1 is 0.966 bits per heavy atom. The Hall–Kier alpha value is -1.36. The largest absolute Gasteiger partial charge is 0.481 e. The number of esters is 1. The lowest BCUT2D eigenvalue weighted by atomic mass is 9.94. The molecule has 168 valence electrons. The predicted molar refractivity (Wildman–Crippen MR) is 116 cm³/mol. The maximum absolute atomic E-state index is 12.3. The normalized spacial score (nSPS) is 22.8. The number of hydrogen-bond donors (Lipinski definition) is 2. The zero-order chi connectivity index (χ0) is 21.5. The summed E-state index contributed by atoms with van der Waals surface area (Å²) in [7, 11) is 0. The van der Waals surface area contributed by atoms with Crippen molar-refractivity contribution < 1.29 is 24.5 Å². The molecule has 0 spiro atoms.